The van der Waals surface area contributed by atoms with Gasteiger partial charge in [0.25, 0.3) is 0 Å². The molecule has 0 aliphatic heterocycles. The van der Waals surface area contributed by atoms with Gasteiger partial charge < -0.3 is 0 Å². The first-order chi connectivity index (χ1) is 3.79. The summed E-state index contributed by atoms with van der Waals surface area (Å²) in [5, 5.41) is 0. The topological polar surface area (TPSA) is 0 Å². The normalized spacial score (nSPS) is 8.11. The molecular weight excluding hydrogens is 118 g/mol. The number of rotatable bonds is 0. The molecule has 1 aromatic carbocycles. The second-order valence-electron chi connectivity index (χ2n) is 1.91. The van der Waals surface area contributed by atoms with E-state index < -0.39 is 0 Å². The van der Waals surface area contributed by atoms with E-state index in [9.17, 15) is 0 Å². The van der Waals surface area contributed by atoms with Crippen LogP contribution in [0.5, 0.6) is 0 Å². The zero-order chi connectivity index (χ0) is 5.98. The Morgan fingerprint density at radius 1 is 1.11 bits per heavy atom. The monoisotopic (exact) mass is 125 g/mol. The summed E-state index contributed by atoms with van der Waals surface area (Å²) in [5.74, 6) is 0. The number of hydrogen-bond donors (Lipinski definition) is 0. The average molecular weight is 125 g/mol. The molecule has 0 saturated heterocycles. The van der Waals surface area contributed by atoms with Gasteiger partial charge in [0.15, 0.2) is 0 Å². The fourth-order valence-corrected chi connectivity index (χ4v) is 0.566. The number of hydrogen-bond acceptors (Lipinski definition) is 0. The fourth-order valence-electron chi connectivity index (χ4n) is 0.566. The zero-order valence-corrected chi connectivity index (χ0v) is 7.89. The van der Waals surface area contributed by atoms with Gasteiger partial charge >= 0.3 is 0 Å². The molecule has 39 valence electrons. The molecule has 0 heterocycles. The molecule has 3 radical (unpaired) electrons. The van der Waals surface area contributed by atoms with Gasteiger partial charge in [-0.25, -0.2) is 0 Å². The van der Waals surface area contributed by atoms with Crippen LogP contribution in [0.25, 0.3) is 0 Å². The zero-order valence-electron chi connectivity index (χ0n) is 5.89. The summed E-state index contributed by atoms with van der Waals surface area (Å²) < 4.78 is 0. The average Bonchev–Trinajstić information content (AvgIpc) is 1.77. The van der Waals surface area contributed by atoms with Crippen LogP contribution in [0, 0.1) is 6.92 Å². The molecule has 0 saturated carbocycles. The maximum Gasteiger partial charge on any atom is 0.113 e. The third-order valence-electron chi connectivity index (χ3n) is 1.08. The Balaban J connectivity index is 0.000000640. The van der Waals surface area contributed by atoms with Crippen molar-refractivity contribution in [3.63, 3.8) is 0 Å². The van der Waals surface area contributed by atoms with Gasteiger partial charge in [0, 0.05) is 29.6 Å². The molecule has 0 fully saturated rings. The van der Waals surface area contributed by atoms with E-state index in [-0.39, 0.29) is 29.6 Å². The van der Waals surface area contributed by atoms with Crippen molar-refractivity contribution in [1.82, 2.24) is 0 Å². The summed E-state index contributed by atoms with van der Waals surface area (Å²) in [6.45, 7) is 2.04. The third-order valence-corrected chi connectivity index (χ3v) is 1.08. The summed E-state index contributed by atoms with van der Waals surface area (Å²) in [4.78, 5) is 0. The molecule has 0 N–H and O–H groups in total. The molecule has 0 spiro atoms. The second-order valence-corrected chi connectivity index (χ2v) is 1.91. The maximum atomic E-state index is 5.43. The van der Waals surface area contributed by atoms with Crippen LogP contribution >= 0.6 is 0 Å². The van der Waals surface area contributed by atoms with Crippen LogP contribution in [0.3, 0.4) is 0 Å². The molecule has 0 aliphatic carbocycles. The minimum absolute atomic E-state index is 0. The first-order valence-electron chi connectivity index (χ1n) is 2.61. The molecule has 0 atom stereocenters. The predicted octanol–water partition coefficient (Wildman–Crippen LogP) is 0.408. The summed E-state index contributed by atoms with van der Waals surface area (Å²) in [6, 6.07) is 7.79. The molecule has 0 unspecified atom stereocenters. The summed E-state index contributed by atoms with van der Waals surface area (Å²) in [5.41, 5.74) is 2.08. The summed E-state index contributed by atoms with van der Waals surface area (Å²) in [7, 11) is 5.43. The van der Waals surface area contributed by atoms with Crippen LogP contribution in [-0.4, -0.2) is 37.4 Å². The molecule has 0 bridgehead atoms. The van der Waals surface area contributed by atoms with E-state index in [0.717, 1.165) is 5.46 Å². The van der Waals surface area contributed by atoms with Crippen molar-refractivity contribution in [1.29, 1.82) is 0 Å². The van der Waals surface area contributed by atoms with E-state index in [0.29, 0.717) is 0 Å². The molecular formula is C7H7BNa. The second kappa shape index (κ2) is 4.16. The van der Waals surface area contributed by atoms with E-state index in [1.165, 1.54) is 5.56 Å². The van der Waals surface area contributed by atoms with Gasteiger partial charge in [0.1, 0.15) is 7.85 Å². The van der Waals surface area contributed by atoms with Gasteiger partial charge in [-0.15, -0.1) is 0 Å². The van der Waals surface area contributed by atoms with Crippen molar-refractivity contribution in [3.05, 3.63) is 29.8 Å². The minimum atomic E-state index is 0. The van der Waals surface area contributed by atoms with Crippen molar-refractivity contribution in [2.75, 3.05) is 0 Å². The Kier molecular flexibility index (Phi) is 4.29. The van der Waals surface area contributed by atoms with Gasteiger partial charge in [-0.05, 0) is 6.92 Å². The van der Waals surface area contributed by atoms with Gasteiger partial charge in [0.05, 0.1) is 0 Å². The molecule has 9 heavy (non-hydrogen) atoms. The van der Waals surface area contributed by atoms with Gasteiger partial charge in [0.2, 0.25) is 0 Å². The van der Waals surface area contributed by atoms with Crippen molar-refractivity contribution < 1.29 is 0 Å². The SMILES string of the molecule is [B]c1ccc(C)cc1.[Na]. The van der Waals surface area contributed by atoms with Crippen LogP contribution < -0.4 is 5.46 Å². The van der Waals surface area contributed by atoms with E-state index in [1.807, 2.05) is 31.2 Å². The molecule has 1 rings (SSSR count). The van der Waals surface area contributed by atoms with Crippen molar-refractivity contribution >= 4 is 42.9 Å². The van der Waals surface area contributed by atoms with Crippen LogP contribution in [0.2, 0.25) is 0 Å². The minimum Gasteiger partial charge on any atom is -0.0967 e. The Morgan fingerprint density at radius 2 is 1.56 bits per heavy atom. The van der Waals surface area contributed by atoms with Gasteiger partial charge in [-0.2, -0.15) is 0 Å². The van der Waals surface area contributed by atoms with E-state index >= 15 is 0 Å². The maximum absolute atomic E-state index is 5.43. The van der Waals surface area contributed by atoms with Gasteiger partial charge in [-0.1, -0.05) is 35.3 Å². The van der Waals surface area contributed by atoms with Crippen LogP contribution in [-0.2, 0) is 0 Å². The summed E-state index contributed by atoms with van der Waals surface area (Å²) in [6.07, 6.45) is 0. The molecule has 1 aromatic rings. The molecule has 0 nitrogen and oxygen atoms in total. The van der Waals surface area contributed by atoms with Crippen molar-refractivity contribution in [3.8, 4) is 0 Å². The number of benzene rings is 1. The first-order valence-corrected chi connectivity index (χ1v) is 2.61. The third kappa shape index (κ3) is 3.09. The van der Waals surface area contributed by atoms with E-state index in [1.54, 1.807) is 0 Å². The Hall–Kier alpha value is 0.285. The molecule has 2 heteroatoms. The van der Waals surface area contributed by atoms with Crippen LogP contribution in [0.4, 0.5) is 0 Å². The molecule has 0 aromatic heterocycles. The van der Waals surface area contributed by atoms with Crippen molar-refractivity contribution in [2.45, 2.75) is 6.92 Å². The Labute approximate surface area is 79.4 Å². The van der Waals surface area contributed by atoms with Gasteiger partial charge in [-0.3, -0.25) is 0 Å². The fraction of sp³-hybridized carbons (Fsp3) is 0.143. The smallest absolute Gasteiger partial charge is 0.0967 e. The predicted molar refractivity (Wildman–Crippen MR) is 42.3 cm³/mol. The Bertz CT molecular complexity index is 148. The first kappa shape index (κ1) is 9.28. The summed E-state index contributed by atoms with van der Waals surface area (Å²) >= 11 is 0. The number of aryl methyl sites for hydroxylation is 1. The van der Waals surface area contributed by atoms with E-state index in [2.05, 4.69) is 0 Å². The van der Waals surface area contributed by atoms with Crippen molar-refractivity contribution in [2.24, 2.45) is 0 Å². The standard InChI is InChI=1S/C7H7B.Na/c1-6-2-4-7(8)5-3-6;/h2-5H,1H3;. The van der Waals surface area contributed by atoms with Crippen LogP contribution in [0.15, 0.2) is 24.3 Å². The molecule has 0 amide bonds. The molecule has 0 aliphatic rings. The Morgan fingerprint density at radius 3 is 1.89 bits per heavy atom. The quantitative estimate of drug-likeness (QED) is 0.440. The van der Waals surface area contributed by atoms with E-state index in [4.69, 9.17) is 7.85 Å². The largest absolute Gasteiger partial charge is 0.113 e. The van der Waals surface area contributed by atoms with Crippen LogP contribution in [0.1, 0.15) is 5.56 Å².